The van der Waals surface area contributed by atoms with Crippen molar-refractivity contribution in [3.63, 3.8) is 0 Å². The Hall–Kier alpha value is -1.88. The molecule has 0 saturated heterocycles. The van der Waals surface area contributed by atoms with E-state index >= 15 is 0 Å². The van der Waals surface area contributed by atoms with E-state index in [1.165, 1.54) is 5.56 Å². The van der Waals surface area contributed by atoms with Crippen molar-refractivity contribution in [2.75, 3.05) is 14.1 Å². The number of nitrogens with one attached hydrogen (secondary N) is 1. The number of nitrogens with zero attached hydrogens (tertiary/aromatic N) is 2. The van der Waals surface area contributed by atoms with Crippen LogP contribution in [0.15, 0.2) is 18.2 Å². The maximum Gasteiger partial charge on any atom is 0.271 e. The minimum Gasteiger partial charge on any atom is -0.358 e. The summed E-state index contributed by atoms with van der Waals surface area (Å²) in [5.74, 6) is 0. The summed E-state index contributed by atoms with van der Waals surface area (Å²) < 4.78 is 0. The molecule has 0 unspecified atom stereocenters. The molecule has 0 spiro atoms. The highest BCUT2D eigenvalue weighted by Gasteiger charge is 2.14. The van der Waals surface area contributed by atoms with Crippen molar-refractivity contribution < 1.29 is 4.92 Å². The van der Waals surface area contributed by atoms with E-state index in [9.17, 15) is 10.1 Å². The quantitative estimate of drug-likeness (QED) is 0.667. The molecule has 0 bridgehead atoms. The molecule has 0 aliphatic rings. The van der Waals surface area contributed by atoms with Crippen LogP contribution in [0.25, 0.3) is 10.9 Å². The lowest BCUT2D eigenvalue weighted by molar-refractivity contribution is -0.384. The fraction of sp³-hybridized carbons (Fsp3) is 0.385. The third kappa shape index (κ3) is 2.22. The monoisotopic (exact) mass is 247 g/mol. The number of benzene rings is 1. The van der Waals surface area contributed by atoms with Crippen molar-refractivity contribution in [3.05, 3.63) is 39.6 Å². The number of hydrogen-bond acceptors (Lipinski definition) is 3. The van der Waals surface area contributed by atoms with E-state index in [1.54, 1.807) is 12.1 Å². The molecule has 5 nitrogen and oxygen atoms in total. The van der Waals surface area contributed by atoms with Crippen LogP contribution in [0, 0.1) is 10.1 Å². The van der Waals surface area contributed by atoms with Gasteiger partial charge in [0.1, 0.15) is 0 Å². The van der Waals surface area contributed by atoms with Crippen LogP contribution in [0.5, 0.6) is 0 Å². The van der Waals surface area contributed by atoms with Gasteiger partial charge in [-0.15, -0.1) is 0 Å². The van der Waals surface area contributed by atoms with E-state index in [2.05, 4.69) is 16.8 Å². The zero-order chi connectivity index (χ0) is 13.3. The van der Waals surface area contributed by atoms with Crippen LogP contribution in [0.4, 0.5) is 5.69 Å². The lowest BCUT2D eigenvalue weighted by atomic mass is 10.1. The summed E-state index contributed by atoms with van der Waals surface area (Å²) in [7, 11) is 4.04. The smallest absolute Gasteiger partial charge is 0.271 e. The van der Waals surface area contributed by atoms with Gasteiger partial charge in [-0.2, -0.15) is 0 Å². The normalized spacial score (nSPS) is 11.3. The molecular weight excluding hydrogens is 230 g/mol. The van der Waals surface area contributed by atoms with Gasteiger partial charge in [-0.25, -0.2) is 0 Å². The van der Waals surface area contributed by atoms with Crippen LogP contribution in [0.3, 0.4) is 0 Å². The highest BCUT2D eigenvalue weighted by atomic mass is 16.6. The van der Waals surface area contributed by atoms with Gasteiger partial charge in [0.2, 0.25) is 0 Å². The number of aryl methyl sites for hydroxylation is 1. The fourth-order valence-electron chi connectivity index (χ4n) is 2.21. The van der Waals surface area contributed by atoms with Gasteiger partial charge in [0.15, 0.2) is 0 Å². The summed E-state index contributed by atoms with van der Waals surface area (Å²) in [6.07, 6.45) is 0.894. The van der Waals surface area contributed by atoms with Gasteiger partial charge in [-0.1, -0.05) is 6.92 Å². The standard InChI is InChI=1S/C13H17N3O2/c1-4-12-11(8-15(2)3)10-6-5-9(16(17)18)7-13(10)14-12/h5-7,14H,4,8H2,1-3H3. The molecule has 0 saturated carbocycles. The van der Waals surface area contributed by atoms with Crippen LogP contribution in [-0.2, 0) is 13.0 Å². The molecule has 0 aliphatic carbocycles. The Morgan fingerprint density at radius 3 is 2.67 bits per heavy atom. The summed E-state index contributed by atoms with van der Waals surface area (Å²) >= 11 is 0. The first kappa shape index (κ1) is 12.6. The van der Waals surface area contributed by atoms with E-state index in [1.807, 2.05) is 20.2 Å². The maximum absolute atomic E-state index is 10.8. The maximum atomic E-state index is 10.8. The molecule has 0 amide bonds. The lowest BCUT2D eigenvalue weighted by Crippen LogP contribution is -2.11. The van der Waals surface area contributed by atoms with Gasteiger partial charge in [0, 0.05) is 29.8 Å². The molecule has 0 atom stereocenters. The van der Waals surface area contributed by atoms with Crippen molar-refractivity contribution in [3.8, 4) is 0 Å². The molecule has 2 aromatic rings. The summed E-state index contributed by atoms with van der Waals surface area (Å²) in [4.78, 5) is 15.8. The number of aromatic amines is 1. The molecular formula is C13H17N3O2. The topological polar surface area (TPSA) is 62.2 Å². The van der Waals surface area contributed by atoms with Crippen LogP contribution in [0.2, 0.25) is 0 Å². The molecule has 5 heteroatoms. The molecule has 1 aromatic carbocycles. The summed E-state index contributed by atoms with van der Waals surface area (Å²) in [6.45, 7) is 2.92. The number of non-ortho nitro benzene ring substituents is 1. The Morgan fingerprint density at radius 1 is 1.39 bits per heavy atom. The lowest BCUT2D eigenvalue weighted by Gasteiger charge is -2.10. The second-order valence-electron chi connectivity index (χ2n) is 4.66. The summed E-state index contributed by atoms with van der Waals surface area (Å²) in [5.41, 5.74) is 3.35. The first-order valence-electron chi connectivity index (χ1n) is 5.95. The van der Waals surface area contributed by atoms with Crippen molar-refractivity contribution >= 4 is 16.6 Å². The number of aromatic nitrogens is 1. The van der Waals surface area contributed by atoms with Crippen molar-refractivity contribution in [2.45, 2.75) is 19.9 Å². The molecule has 0 radical (unpaired) electrons. The zero-order valence-corrected chi connectivity index (χ0v) is 10.9. The van der Waals surface area contributed by atoms with Crippen LogP contribution < -0.4 is 0 Å². The second-order valence-corrected chi connectivity index (χ2v) is 4.66. The Bertz CT molecular complexity index is 587. The van der Waals surface area contributed by atoms with Crippen molar-refractivity contribution in [1.82, 2.24) is 9.88 Å². The first-order valence-corrected chi connectivity index (χ1v) is 5.95. The second kappa shape index (κ2) is 4.78. The molecule has 0 aliphatic heterocycles. The average molecular weight is 247 g/mol. The SMILES string of the molecule is CCc1[nH]c2cc([N+](=O)[O-])ccc2c1CN(C)C. The molecule has 1 N–H and O–H groups in total. The van der Waals surface area contributed by atoms with Gasteiger partial charge in [-0.05, 0) is 32.1 Å². The Morgan fingerprint density at radius 2 is 2.11 bits per heavy atom. The third-order valence-electron chi connectivity index (χ3n) is 3.02. The predicted molar refractivity (Wildman–Crippen MR) is 71.7 cm³/mol. The van der Waals surface area contributed by atoms with Gasteiger partial charge in [0.25, 0.3) is 5.69 Å². The number of nitro groups is 1. The van der Waals surface area contributed by atoms with E-state index in [0.717, 1.165) is 29.6 Å². The molecule has 2 rings (SSSR count). The first-order chi connectivity index (χ1) is 8.52. The largest absolute Gasteiger partial charge is 0.358 e. The minimum absolute atomic E-state index is 0.128. The summed E-state index contributed by atoms with van der Waals surface area (Å²) in [6, 6.07) is 5.00. The predicted octanol–water partition coefficient (Wildman–Crippen LogP) is 2.70. The number of fused-ring (bicyclic) bond motifs is 1. The van der Waals surface area contributed by atoms with Gasteiger partial charge >= 0.3 is 0 Å². The van der Waals surface area contributed by atoms with Crippen molar-refractivity contribution in [1.29, 1.82) is 0 Å². The highest BCUT2D eigenvalue weighted by Crippen LogP contribution is 2.27. The van der Waals surface area contributed by atoms with E-state index in [0.29, 0.717) is 0 Å². The summed E-state index contributed by atoms with van der Waals surface area (Å²) in [5, 5.41) is 11.8. The average Bonchev–Trinajstić information content (AvgIpc) is 2.65. The zero-order valence-electron chi connectivity index (χ0n) is 10.9. The van der Waals surface area contributed by atoms with Crippen LogP contribution >= 0.6 is 0 Å². The molecule has 1 aromatic heterocycles. The molecule has 0 fully saturated rings. The molecule has 1 heterocycles. The number of rotatable bonds is 4. The van der Waals surface area contributed by atoms with Crippen molar-refractivity contribution in [2.24, 2.45) is 0 Å². The van der Waals surface area contributed by atoms with Gasteiger partial charge < -0.3 is 9.88 Å². The van der Waals surface area contributed by atoms with Crippen LogP contribution in [-0.4, -0.2) is 28.9 Å². The van der Waals surface area contributed by atoms with Gasteiger partial charge in [0.05, 0.1) is 10.4 Å². The van der Waals surface area contributed by atoms with E-state index < -0.39 is 0 Å². The van der Waals surface area contributed by atoms with E-state index in [4.69, 9.17) is 0 Å². The highest BCUT2D eigenvalue weighted by molar-refractivity contribution is 5.86. The van der Waals surface area contributed by atoms with Crippen LogP contribution in [0.1, 0.15) is 18.2 Å². The Labute approximate surface area is 106 Å². The Kier molecular flexibility index (Phi) is 3.34. The number of hydrogen-bond donors (Lipinski definition) is 1. The number of H-pyrrole nitrogens is 1. The molecule has 18 heavy (non-hydrogen) atoms. The Balaban J connectivity index is 2.58. The fourth-order valence-corrected chi connectivity index (χ4v) is 2.21. The number of nitro benzene ring substituents is 1. The van der Waals surface area contributed by atoms with E-state index in [-0.39, 0.29) is 10.6 Å². The third-order valence-corrected chi connectivity index (χ3v) is 3.02. The van der Waals surface area contributed by atoms with Gasteiger partial charge in [-0.3, -0.25) is 10.1 Å². The minimum atomic E-state index is -0.364. The molecule has 96 valence electrons.